The van der Waals surface area contributed by atoms with E-state index in [9.17, 15) is 14.7 Å². The molecule has 3 rings (SSSR count). The zero-order valence-electron chi connectivity index (χ0n) is 16.1. The van der Waals surface area contributed by atoms with E-state index in [1.54, 1.807) is 24.3 Å². The largest absolute Gasteiger partial charge is 0.508 e. The molecule has 0 saturated carbocycles. The molecule has 3 aromatic rings. The highest BCUT2D eigenvalue weighted by atomic mass is 16.5. The number of phenols is 1. The summed E-state index contributed by atoms with van der Waals surface area (Å²) in [5.41, 5.74) is 4.05. The van der Waals surface area contributed by atoms with Crippen molar-refractivity contribution < 1.29 is 24.5 Å². The second-order valence-electron chi connectivity index (χ2n) is 6.79. The molecule has 1 amide bonds. The molecule has 0 unspecified atom stereocenters. The first kappa shape index (κ1) is 19.9. The van der Waals surface area contributed by atoms with E-state index in [-0.39, 0.29) is 5.75 Å². The molecule has 0 bridgehead atoms. The number of aliphatic carboxylic acids is 1. The van der Waals surface area contributed by atoms with Gasteiger partial charge in [-0.1, -0.05) is 24.3 Å². The first-order valence-corrected chi connectivity index (χ1v) is 9.02. The van der Waals surface area contributed by atoms with Crippen LogP contribution in [0.2, 0.25) is 0 Å². The molecule has 6 heteroatoms. The fourth-order valence-electron chi connectivity index (χ4n) is 3.06. The molecule has 29 heavy (non-hydrogen) atoms. The Morgan fingerprint density at radius 2 is 1.59 bits per heavy atom. The summed E-state index contributed by atoms with van der Waals surface area (Å²) in [4.78, 5) is 22.0. The van der Waals surface area contributed by atoms with Crippen LogP contribution in [0, 0.1) is 13.8 Å². The first-order valence-electron chi connectivity index (χ1n) is 9.02. The lowest BCUT2D eigenvalue weighted by Gasteiger charge is -2.14. The average Bonchev–Trinajstić information content (AvgIpc) is 2.66. The summed E-state index contributed by atoms with van der Waals surface area (Å²) in [6.07, 6.45) is 0.699. The lowest BCUT2D eigenvalue weighted by Crippen LogP contribution is -2.21. The Bertz CT molecular complexity index is 1030. The number of nitrogens with one attached hydrogen (secondary N) is 1. The summed E-state index contributed by atoms with van der Waals surface area (Å²) in [6.45, 7) is 3.66. The smallest absolute Gasteiger partial charge is 0.394 e. The minimum Gasteiger partial charge on any atom is -0.508 e. The summed E-state index contributed by atoms with van der Waals surface area (Å²) in [6, 6.07) is 18.2. The minimum absolute atomic E-state index is 0.247. The number of benzene rings is 3. The molecule has 3 N–H and O–H groups in total. The second-order valence-corrected chi connectivity index (χ2v) is 6.79. The number of carboxylic acids is 1. The third-order valence-electron chi connectivity index (χ3n) is 4.37. The van der Waals surface area contributed by atoms with Crippen molar-refractivity contribution in [1.82, 2.24) is 0 Å². The average molecular weight is 391 g/mol. The van der Waals surface area contributed by atoms with Gasteiger partial charge in [-0.3, -0.25) is 4.79 Å². The molecule has 0 fully saturated rings. The van der Waals surface area contributed by atoms with Crippen LogP contribution in [0.25, 0.3) is 0 Å². The molecule has 0 aliphatic heterocycles. The monoisotopic (exact) mass is 391 g/mol. The third kappa shape index (κ3) is 5.13. The van der Waals surface area contributed by atoms with Crippen LogP contribution in [0.3, 0.4) is 0 Å². The molecule has 0 spiro atoms. The highest BCUT2D eigenvalue weighted by Crippen LogP contribution is 2.32. The number of amides is 1. The number of carboxylic acid groups (broad SMARTS) is 1. The van der Waals surface area contributed by atoms with E-state index in [0.717, 1.165) is 22.3 Å². The van der Waals surface area contributed by atoms with Gasteiger partial charge < -0.3 is 20.3 Å². The Kier molecular flexibility index (Phi) is 5.83. The van der Waals surface area contributed by atoms with Crippen molar-refractivity contribution in [3.63, 3.8) is 0 Å². The van der Waals surface area contributed by atoms with Gasteiger partial charge in [0.2, 0.25) is 0 Å². The van der Waals surface area contributed by atoms with Crippen molar-refractivity contribution in [3.05, 3.63) is 82.9 Å². The van der Waals surface area contributed by atoms with Crippen LogP contribution in [0.15, 0.2) is 60.7 Å². The van der Waals surface area contributed by atoms with Gasteiger partial charge in [0.05, 0.1) is 0 Å². The molecule has 0 heterocycles. The van der Waals surface area contributed by atoms with Gasteiger partial charge in [0.1, 0.15) is 17.2 Å². The van der Waals surface area contributed by atoms with Crippen LogP contribution in [0.1, 0.15) is 22.3 Å². The van der Waals surface area contributed by atoms with Crippen molar-refractivity contribution in [1.29, 1.82) is 0 Å². The number of carbonyl (C=O) groups excluding carboxylic acids is 1. The summed E-state index contributed by atoms with van der Waals surface area (Å²) in [5, 5.41) is 20.6. The van der Waals surface area contributed by atoms with Gasteiger partial charge in [0.25, 0.3) is 0 Å². The number of carbonyl (C=O) groups is 2. The number of aromatic hydroxyl groups is 1. The molecule has 0 radical (unpaired) electrons. The zero-order chi connectivity index (χ0) is 21.0. The molecule has 6 nitrogen and oxygen atoms in total. The van der Waals surface area contributed by atoms with E-state index in [1.807, 2.05) is 50.2 Å². The predicted molar refractivity (Wildman–Crippen MR) is 110 cm³/mol. The standard InChI is InChI=1S/C23H21NO5/c1-14-10-18(24-22(26)23(27)28)11-15(2)21(14)29-20-8-6-16(7-9-20)12-17-4-3-5-19(25)13-17/h3-11,13,25H,12H2,1-2H3,(H,24,26)(H,27,28). The molecule has 3 aromatic carbocycles. The second kappa shape index (κ2) is 8.48. The molecule has 148 valence electrons. The Morgan fingerprint density at radius 1 is 0.931 bits per heavy atom. The van der Waals surface area contributed by atoms with Gasteiger partial charge in [-0.2, -0.15) is 0 Å². The van der Waals surface area contributed by atoms with E-state index in [4.69, 9.17) is 9.84 Å². The Balaban J connectivity index is 1.72. The lowest BCUT2D eigenvalue weighted by molar-refractivity contribution is -0.147. The first-order chi connectivity index (χ1) is 13.8. The van der Waals surface area contributed by atoms with Crippen LogP contribution >= 0.6 is 0 Å². The van der Waals surface area contributed by atoms with E-state index in [1.165, 1.54) is 0 Å². The quantitative estimate of drug-likeness (QED) is 0.560. The number of aryl methyl sites for hydroxylation is 2. The molecule has 0 aliphatic carbocycles. The van der Waals surface area contributed by atoms with Crippen LogP contribution in [-0.2, 0) is 16.0 Å². The topological polar surface area (TPSA) is 95.9 Å². The van der Waals surface area contributed by atoms with Gasteiger partial charge in [-0.25, -0.2) is 4.79 Å². The number of hydrogen-bond acceptors (Lipinski definition) is 4. The fourth-order valence-corrected chi connectivity index (χ4v) is 3.06. The maximum absolute atomic E-state index is 11.3. The molecule has 0 saturated heterocycles. The van der Waals surface area contributed by atoms with Crippen molar-refractivity contribution in [3.8, 4) is 17.2 Å². The fraction of sp³-hybridized carbons (Fsp3) is 0.130. The van der Waals surface area contributed by atoms with Crippen molar-refractivity contribution in [2.75, 3.05) is 5.32 Å². The van der Waals surface area contributed by atoms with Crippen molar-refractivity contribution >= 4 is 17.6 Å². The molecular formula is C23H21NO5. The normalized spacial score (nSPS) is 10.4. The number of ether oxygens (including phenoxy) is 1. The summed E-state index contributed by atoms with van der Waals surface area (Å²) >= 11 is 0. The number of rotatable bonds is 5. The number of phenolic OH excluding ortho intramolecular Hbond substituents is 1. The third-order valence-corrected chi connectivity index (χ3v) is 4.37. The predicted octanol–water partition coefficient (Wildman–Crippen LogP) is 4.42. The van der Waals surface area contributed by atoms with Crippen LogP contribution in [0.5, 0.6) is 17.2 Å². The molecule has 0 aromatic heterocycles. The summed E-state index contributed by atoms with van der Waals surface area (Å²) in [5.74, 6) is -1.06. The van der Waals surface area contributed by atoms with E-state index in [0.29, 0.717) is 23.6 Å². The molecule has 0 aliphatic rings. The van der Waals surface area contributed by atoms with E-state index >= 15 is 0 Å². The summed E-state index contributed by atoms with van der Waals surface area (Å²) in [7, 11) is 0. The Hall–Kier alpha value is -3.80. The highest BCUT2D eigenvalue weighted by Gasteiger charge is 2.14. The van der Waals surface area contributed by atoms with Crippen LogP contribution in [0.4, 0.5) is 5.69 Å². The maximum atomic E-state index is 11.3. The van der Waals surface area contributed by atoms with Crippen LogP contribution < -0.4 is 10.1 Å². The Morgan fingerprint density at radius 3 is 2.17 bits per heavy atom. The highest BCUT2D eigenvalue weighted by molar-refractivity contribution is 6.36. The van der Waals surface area contributed by atoms with Crippen LogP contribution in [-0.4, -0.2) is 22.1 Å². The van der Waals surface area contributed by atoms with Gasteiger partial charge in [-0.05, 0) is 78.9 Å². The number of hydrogen-bond donors (Lipinski definition) is 3. The Labute approximate surface area is 168 Å². The van der Waals surface area contributed by atoms with E-state index in [2.05, 4.69) is 5.32 Å². The van der Waals surface area contributed by atoms with Gasteiger partial charge in [0, 0.05) is 5.69 Å². The minimum atomic E-state index is -1.54. The lowest BCUT2D eigenvalue weighted by atomic mass is 10.0. The van der Waals surface area contributed by atoms with E-state index < -0.39 is 11.9 Å². The molecule has 0 atom stereocenters. The maximum Gasteiger partial charge on any atom is 0.394 e. The van der Waals surface area contributed by atoms with Gasteiger partial charge >= 0.3 is 11.9 Å². The van der Waals surface area contributed by atoms with Crippen molar-refractivity contribution in [2.45, 2.75) is 20.3 Å². The zero-order valence-corrected chi connectivity index (χ0v) is 16.1. The van der Waals surface area contributed by atoms with Crippen molar-refractivity contribution in [2.24, 2.45) is 0 Å². The summed E-state index contributed by atoms with van der Waals surface area (Å²) < 4.78 is 6.00. The molecular weight excluding hydrogens is 370 g/mol. The SMILES string of the molecule is Cc1cc(NC(=O)C(=O)O)cc(C)c1Oc1ccc(Cc2cccc(O)c2)cc1. The van der Waals surface area contributed by atoms with Gasteiger partial charge in [0.15, 0.2) is 0 Å². The van der Waals surface area contributed by atoms with Gasteiger partial charge in [-0.15, -0.1) is 0 Å². The number of anilines is 1.